The Labute approximate surface area is 137 Å². The zero-order valence-corrected chi connectivity index (χ0v) is 14.2. The second kappa shape index (κ2) is 9.02. The molecule has 0 aliphatic heterocycles. The Hall–Kier alpha value is -2.24. The minimum absolute atomic E-state index is 0.100. The van der Waals surface area contributed by atoms with Gasteiger partial charge in [0.1, 0.15) is 0 Å². The van der Waals surface area contributed by atoms with Crippen molar-refractivity contribution < 1.29 is 24.2 Å². The molecule has 0 saturated heterocycles. The summed E-state index contributed by atoms with van der Waals surface area (Å²) in [5.74, 6) is -0.483. The third-order valence-corrected chi connectivity index (χ3v) is 3.53. The van der Waals surface area contributed by atoms with Crippen LogP contribution in [-0.2, 0) is 4.79 Å². The number of carbonyl (C=O) groups excluding carboxylic acids is 1. The number of rotatable bonds is 9. The molecule has 128 valence electrons. The maximum Gasteiger partial charge on any atom is 0.341 e. The summed E-state index contributed by atoms with van der Waals surface area (Å²) in [6, 6.07) is 4.93. The zero-order valence-electron chi connectivity index (χ0n) is 14.2. The van der Waals surface area contributed by atoms with Crippen molar-refractivity contribution in [3.05, 3.63) is 23.8 Å². The molecular weight excluding hydrogens is 298 g/mol. The van der Waals surface area contributed by atoms with Crippen LogP contribution in [0.5, 0.6) is 11.5 Å². The van der Waals surface area contributed by atoms with Crippen LogP contribution in [0.4, 0.5) is 0 Å². The monoisotopic (exact) mass is 323 g/mol. The van der Waals surface area contributed by atoms with Gasteiger partial charge in [0.25, 0.3) is 5.91 Å². The summed E-state index contributed by atoms with van der Waals surface area (Å²) in [6.45, 7) is 5.83. The molecule has 6 nitrogen and oxygen atoms in total. The van der Waals surface area contributed by atoms with E-state index in [1.807, 2.05) is 13.8 Å². The zero-order chi connectivity index (χ0) is 17.4. The third-order valence-electron chi connectivity index (χ3n) is 3.53. The van der Waals surface area contributed by atoms with Gasteiger partial charge < -0.3 is 19.5 Å². The van der Waals surface area contributed by atoms with E-state index in [9.17, 15) is 9.59 Å². The molecule has 0 radical (unpaired) electrons. The van der Waals surface area contributed by atoms with Crippen LogP contribution in [0.15, 0.2) is 18.2 Å². The summed E-state index contributed by atoms with van der Waals surface area (Å²) < 4.78 is 10.6. The highest BCUT2D eigenvalue weighted by Crippen LogP contribution is 2.29. The quantitative estimate of drug-likeness (QED) is 0.756. The van der Waals surface area contributed by atoms with Crippen molar-refractivity contribution in [1.82, 2.24) is 4.90 Å². The average Bonchev–Trinajstić information content (AvgIpc) is 2.52. The standard InChI is InChI=1S/C17H25NO5/c1-5-7-12(3)18(4)17(21)13-8-9-14(23-11-16(19)20)15(10-13)22-6-2/h8-10,12H,5-7,11H2,1-4H3,(H,19,20). The largest absolute Gasteiger partial charge is 0.490 e. The van der Waals surface area contributed by atoms with Gasteiger partial charge in [0, 0.05) is 18.7 Å². The SMILES string of the molecule is CCCC(C)N(C)C(=O)c1ccc(OCC(=O)O)c(OCC)c1. The number of benzene rings is 1. The molecule has 1 unspecified atom stereocenters. The highest BCUT2D eigenvalue weighted by Gasteiger charge is 2.19. The summed E-state index contributed by atoms with van der Waals surface area (Å²) in [5.41, 5.74) is 0.488. The van der Waals surface area contributed by atoms with Crippen molar-refractivity contribution in [2.45, 2.75) is 39.7 Å². The maximum atomic E-state index is 12.5. The number of carbonyl (C=O) groups is 2. The Morgan fingerprint density at radius 1 is 1.22 bits per heavy atom. The first-order valence-electron chi connectivity index (χ1n) is 7.79. The molecule has 6 heteroatoms. The van der Waals surface area contributed by atoms with Crippen LogP contribution >= 0.6 is 0 Å². The molecule has 1 atom stereocenters. The fourth-order valence-corrected chi connectivity index (χ4v) is 2.18. The van der Waals surface area contributed by atoms with E-state index in [1.54, 1.807) is 30.1 Å². The lowest BCUT2D eigenvalue weighted by atomic mass is 10.1. The number of carboxylic acid groups (broad SMARTS) is 1. The first-order chi connectivity index (χ1) is 10.9. The van der Waals surface area contributed by atoms with Crippen molar-refractivity contribution in [1.29, 1.82) is 0 Å². The molecule has 1 aromatic rings. The minimum Gasteiger partial charge on any atom is -0.490 e. The molecule has 0 heterocycles. The summed E-state index contributed by atoms with van der Waals surface area (Å²) >= 11 is 0. The van der Waals surface area contributed by atoms with Crippen molar-refractivity contribution in [3.8, 4) is 11.5 Å². The molecule has 1 aromatic carbocycles. The maximum absolute atomic E-state index is 12.5. The molecule has 0 aliphatic carbocycles. The molecule has 0 aromatic heterocycles. The van der Waals surface area contributed by atoms with Crippen LogP contribution in [0.1, 0.15) is 44.0 Å². The van der Waals surface area contributed by atoms with Gasteiger partial charge in [0.2, 0.25) is 0 Å². The van der Waals surface area contributed by atoms with E-state index in [1.165, 1.54) is 0 Å². The van der Waals surface area contributed by atoms with Crippen LogP contribution in [0.25, 0.3) is 0 Å². The lowest BCUT2D eigenvalue weighted by Gasteiger charge is -2.25. The summed E-state index contributed by atoms with van der Waals surface area (Å²) in [4.78, 5) is 24.8. The molecule has 0 fully saturated rings. The van der Waals surface area contributed by atoms with Crippen LogP contribution < -0.4 is 9.47 Å². The highest BCUT2D eigenvalue weighted by atomic mass is 16.5. The van der Waals surface area contributed by atoms with Gasteiger partial charge >= 0.3 is 5.97 Å². The van der Waals surface area contributed by atoms with Crippen molar-refractivity contribution in [3.63, 3.8) is 0 Å². The van der Waals surface area contributed by atoms with E-state index in [-0.39, 0.29) is 11.9 Å². The molecular formula is C17H25NO5. The smallest absolute Gasteiger partial charge is 0.341 e. The predicted octanol–water partition coefficient (Wildman–Crippen LogP) is 2.81. The molecule has 0 aliphatic rings. The Morgan fingerprint density at radius 2 is 1.91 bits per heavy atom. The molecule has 0 bridgehead atoms. The fourth-order valence-electron chi connectivity index (χ4n) is 2.18. The van der Waals surface area contributed by atoms with Gasteiger partial charge in [-0.25, -0.2) is 4.79 Å². The first-order valence-corrected chi connectivity index (χ1v) is 7.79. The Morgan fingerprint density at radius 3 is 2.48 bits per heavy atom. The lowest BCUT2D eigenvalue weighted by molar-refractivity contribution is -0.139. The summed E-state index contributed by atoms with van der Waals surface area (Å²) in [6.07, 6.45) is 1.94. The van der Waals surface area contributed by atoms with E-state index >= 15 is 0 Å². The van der Waals surface area contributed by atoms with E-state index in [2.05, 4.69) is 6.92 Å². The summed E-state index contributed by atoms with van der Waals surface area (Å²) in [7, 11) is 1.78. The molecule has 23 heavy (non-hydrogen) atoms. The molecule has 1 amide bonds. The van der Waals surface area contributed by atoms with Gasteiger partial charge in [-0.1, -0.05) is 13.3 Å². The Balaban J connectivity index is 2.97. The van der Waals surface area contributed by atoms with E-state index in [0.29, 0.717) is 23.7 Å². The van der Waals surface area contributed by atoms with Gasteiger partial charge in [0.15, 0.2) is 18.1 Å². The van der Waals surface area contributed by atoms with Gasteiger partial charge in [-0.3, -0.25) is 4.79 Å². The van der Waals surface area contributed by atoms with Crippen LogP contribution in [0.2, 0.25) is 0 Å². The minimum atomic E-state index is -1.07. The van der Waals surface area contributed by atoms with Gasteiger partial charge in [0.05, 0.1) is 6.61 Å². The molecule has 1 rings (SSSR count). The lowest BCUT2D eigenvalue weighted by Crippen LogP contribution is -2.34. The molecule has 1 N–H and O–H groups in total. The number of aliphatic carboxylic acids is 1. The first kappa shape index (κ1) is 18.8. The Kier molecular flexibility index (Phi) is 7.38. The Bertz CT molecular complexity index is 544. The predicted molar refractivity (Wildman–Crippen MR) is 87.2 cm³/mol. The van der Waals surface area contributed by atoms with Gasteiger partial charge in [-0.05, 0) is 38.5 Å². The van der Waals surface area contributed by atoms with Crippen molar-refractivity contribution >= 4 is 11.9 Å². The van der Waals surface area contributed by atoms with E-state index in [0.717, 1.165) is 12.8 Å². The topological polar surface area (TPSA) is 76.1 Å². The second-order valence-electron chi connectivity index (χ2n) is 5.33. The average molecular weight is 323 g/mol. The second-order valence-corrected chi connectivity index (χ2v) is 5.33. The van der Waals surface area contributed by atoms with Gasteiger partial charge in [-0.15, -0.1) is 0 Å². The van der Waals surface area contributed by atoms with E-state index < -0.39 is 12.6 Å². The molecule has 0 saturated carbocycles. The fraction of sp³-hybridized carbons (Fsp3) is 0.529. The van der Waals surface area contributed by atoms with Crippen LogP contribution in [0.3, 0.4) is 0 Å². The van der Waals surface area contributed by atoms with Gasteiger partial charge in [-0.2, -0.15) is 0 Å². The third kappa shape index (κ3) is 5.47. The summed E-state index contributed by atoms with van der Waals surface area (Å²) in [5, 5.41) is 8.70. The van der Waals surface area contributed by atoms with Crippen molar-refractivity contribution in [2.75, 3.05) is 20.3 Å². The van der Waals surface area contributed by atoms with E-state index in [4.69, 9.17) is 14.6 Å². The number of amides is 1. The van der Waals surface area contributed by atoms with Crippen LogP contribution in [0, 0.1) is 0 Å². The number of nitrogens with zero attached hydrogens (tertiary/aromatic N) is 1. The van der Waals surface area contributed by atoms with Crippen molar-refractivity contribution in [2.24, 2.45) is 0 Å². The number of ether oxygens (including phenoxy) is 2. The number of hydrogen-bond acceptors (Lipinski definition) is 4. The molecule has 0 spiro atoms. The van der Waals surface area contributed by atoms with Crippen LogP contribution in [-0.4, -0.2) is 48.2 Å². The highest BCUT2D eigenvalue weighted by molar-refractivity contribution is 5.95. The number of hydrogen-bond donors (Lipinski definition) is 1. The number of carboxylic acids is 1. The normalized spacial score (nSPS) is 11.7.